The third-order valence-electron chi connectivity index (χ3n) is 6.06. The average molecular weight is 408 g/mol. The first-order valence-corrected chi connectivity index (χ1v) is 11.8. The van der Waals surface area contributed by atoms with Gasteiger partial charge in [0.05, 0.1) is 12.5 Å². The number of ether oxygens (including phenoxy) is 1. The van der Waals surface area contributed by atoms with Crippen LogP contribution in [0.5, 0.6) is 5.75 Å². The molecule has 2 aromatic rings. The second-order valence-electron chi connectivity index (χ2n) is 8.48. The van der Waals surface area contributed by atoms with Gasteiger partial charge in [-0.15, -0.1) is 0 Å². The number of carbonyl (C=O) groups is 1. The van der Waals surface area contributed by atoms with E-state index in [2.05, 4.69) is 24.0 Å². The Labute approximate surface area is 182 Å². The van der Waals surface area contributed by atoms with Gasteiger partial charge < -0.3 is 9.64 Å². The molecule has 162 valence electrons. The molecule has 0 aliphatic carbocycles. The van der Waals surface area contributed by atoms with Gasteiger partial charge in [0.2, 0.25) is 0 Å². The zero-order chi connectivity index (χ0) is 21.0. The summed E-state index contributed by atoms with van der Waals surface area (Å²) in [6, 6.07) is 18.0. The van der Waals surface area contributed by atoms with Gasteiger partial charge >= 0.3 is 0 Å². The van der Waals surface area contributed by atoms with Crippen LogP contribution in [0.15, 0.2) is 54.6 Å². The van der Waals surface area contributed by atoms with Crippen LogP contribution in [0.3, 0.4) is 0 Å². The molecule has 0 amide bonds. The summed E-state index contributed by atoms with van der Waals surface area (Å²) in [5.74, 6) is 0.946. The average Bonchev–Trinajstić information content (AvgIpc) is 2.81. The summed E-state index contributed by atoms with van der Waals surface area (Å²) in [4.78, 5) is 15.9. The minimum absolute atomic E-state index is 0.116. The number of nitrogens with zero attached hydrogens (tertiary/aromatic N) is 1. The van der Waals surface area contributed by atoms with Crippen LogP contribution in [0.2, 0.25) is 0 Å². The molecule has 3 rings (SSSR count). The van der Waals surface area contributed by atoms with Gasteiger partial charge in [0.15, 0.2) is 5.78 Å². The minimum Gasteiger partial charge on any atom is -0.494 e. The van der Waals surface area contributed by atoms with Gasteiger partial charge in [-0.05, 0) is 62.2 Å². The molecule has 2 aromatic carbocycles. The highest BCUT2D eigenvalue weighted by atomic mass is 16.5. The number of rotatable bonds is 12. The van der Waals surface area contributed by atoms with Gasteiger partial charge in [0, 0.05) is 12.1 Å². The molecule has 0 aromatic heterocycles. The second-order valence-corrected chi connectivity index (χ2v) is 8.48. The lowest BCUT2D eigenvalue weighted by Crippen LogP contribution is -2.35. The van der Waals surface area contributed by atoms with Crippen molar-refractivity contribution in [3.63, 3.8) is 0 Å². The number of carbonyl (C=O) groups excluding carboxylic acids is 1. The molecule has 3 heteroatoms. The molecule has 30 heavy (non-hydrogen) atoms. The minimum atomic E-state index is -0.116. The van der Waals surface area contributed by atoms with E-state index >= 15 is 0 Å². The molecular formula is C27H37NO2. The summed E-state index contributed by atoms with van der Waals surface area (Å²) in [6.07, 6.45) is 9.94. The second kappa shape index (κ2) is 12.5. The first kappa shape index (κ1) is 22.6. The van der Waals surface area contributed by atoms with Crippen molar-refractivity contribution < 1.29 is 9.53 Å². The van der Waals surface area contributed by atoms with Crippen LogP contribution in [0, 0.1) is 0 Å². The lowest BCUT2D eigenvalue weighted by Gasteiger charge is -2.30. The van der Waals surface area contributed by atoms with E-state index in [9.17, 15) is 4.79 Å². The van der Waals surface area contributed by atoms with Crippen LogP contribution in [0.4, 0.5) is 0 Å². The quantitative estimate of drug-likeness (QED) is 0.297. The van der Waals surface area contributed by atoms with Crippen molar-refractivity contribution in [3.8, 4) is 5.75 Å². The largest absolute Gasteiger partial charge is 0.494 e. The van der Waals surface area contributed by atoms with Gasteiger partial charge in [0.25, 0.3) is 0 Å². The molecular weight excluding hydrogens is 370 g/mol. The first-order chi connectivity index (χ1) is 14.8. The lowest BCUT2D eigenvalue weighted by atomic mass is 9.89. The van der Waals surface area contributed by atoms with Gasteiger partial charge in [-0.1, -0.05) is 69.4 Å². The monoisotopic (exact) mass is 407 g/mol. The lowest BCUT2D eigenvalue weighted by molar-refractivity contribution is 0.0925. The highest BCUT2D eigenvalue weighted by Gasteiger charge is 2.25. The number of hydrogen-bond donors (Lipinski definition) is 0. The summed E-state index contributed by atoms with van der Waals surface area (Å²) in [6.45, 7) is 5.98. The Hall–Kier alpha value is -2.13. The number of unbranched alkanes of at least 4 members (excludes halogenated alkanes) is 4. The van der Waals surface area contributed by atoms with E-state index in [-0.39, 0.29) is 11.7 Å². The topological polar surface area (TPSA) is 29.5 Å². The van der Waals surface area contributed by atoms with Crippen molar-refractivity contribution in [3.05, 3.63) is 65.7 Å². The smallest absolute Gasteiger partial charge is 0.171 e. The number of benzene rings is 2. The Balaban J connectivity index is 1.60. The maximum Gasteiger partial charge on any atom is 0.171 e. The molecule has 0 bridgehead atoms. The zero-order valence-corrected chi connectivity index (χ0v) is 18.5. The standard InChI is InChI=1S/C27H37NO2/c1-2-3-4-5-12-21-30-25-17-15-24(16-18-25)27(29)26(23-13-8-6-9-14-23)22-28-19-10-7-11-20-28/h6,8-9,13-18,26H,2-5,7,10-12,19-22H2,1H3. The fraction of sp³-hybridized carbons (Fsp3) is 0.519. The predicted octanol–water partition coefficient (Wildman–Crippen LogP) is 6.49. The Morgan fingerprint density at radius 2 is 1.60 bits per heavy atom. The molecule has 1 aliphatic heterocycles. The highest BCUT2D eigenvalue weighted by Crippen LogP contribution is 2.25. The summed E-state index contributed by atoms with van der Waals surface area (Å²) >= 11 is 0. The summed E-state index contributed by atoms with van der Waals surface area (Å²) in [5.41, 5.74) is 1.89. The third kappa shape index (κ3) is 6.98. The number of likely N-dealkylation sites (tertiary alicyclic amines) is 1. The third-order valence-corrected chi connectivity index (χ3v) is 6.06. The molecule has 0 radical (unpaired) electrons. The SMILES string of the molecule is CCCCCCCOc1ccc(C(=O)C(CN2CCCCC2)c2ccccc2)cc1. The van der Waals surface area contributed by atoms with E-state index in [4.69, 9.17) is 4.74 Å². The molecule has 1 unspecified atom stereocenters. The van der Waals surface area contributed by atoms with Gasteiger partial charge in [-0.25, -0.2) is 0 Å². The fourth-order valence-corrected chi connectivity index (χ4v) is 4.24. The number of ketones is 1. The van der Waals surface area contributed by atoms with Crippen molar-refractivity contribution in [2.24, 2.45) is 0 Å². The van der Waals surface area contributed by atoms with Crippen LogP contribution in [0.1, 0.15) is 80.1 Å². The summed E-state index contributed by atoms with van der Waals surface area (Å²) < 4.78 is 5.87. The number of hydrogen-bond acceptors (Lipinski definition) is 3. The highest BCUT2D eigenvalue weighted by molar-refractivity contribution is 6.01. The van der Waals surface area contributed by atoms with Gasteiger partial charge in [-0.3, -0.25) is 4.79 Å². The Morgan fingerprint density at radius 1 is 0.900 bits per heavy atom. The molecule has 3 nitrogen and oxygen atoms in total. The fourth-order valence-electron chi connectivity index (χ4n) is 4.24. The van der Waals surface area contributed by atoms with Crippen molar-refractivity contribution in [2.45, 2.75) is 64.2 Å². The van der Waals surface area contributed by atoms with E-state index in [1.165, 1.54) is 44.9 Å². The molecule has 0 spiro atoms. The molecule has 1 atom stereocenters. The first-order valence-electron chi connectivity index (χ1n) is 11.8. The van der Waals surface area contributed by atoms with Crippen LogP contribution in [0.25, 0.3) is 0 Å². The molecule has 1 heterocycles. The Morgan fingerprint density at radius 3 is 2.30 bits per heavy atom. The van der Waals surface area contributed by atoms with Gasteiger partial charge in [0.1, 0.15) is 5.75 Å². The van der Waals surface area contributed by atoms with Crippen molar-refractivity contribution in [1.82, 2.24) is 4.90 Å². The van der Waals surface area contributed by atoms with E-state index in [1.807, 2.05) is 42.5 Å². The molecule has 0 saturated carbocycles. The van der Waals surface area contributed by atoms with Crippen molar-refractivity contribution >= 4 is 5.78 Å². The predicted molar refractivity (Wildman–Crippen MR) is 125 cm³/mol. The zero-order valence-electron chi connectivity index (χ0n) is 18.5. The molecule has 0 N–H and O–H groups in total. The number of Topliss-reactive ketones (excluding diaryl/α,β-unsaturated/α-hetero) is 1. The Kier molecular flexibility index (Phi) is 9.43. The molecule has 1 saturated heterocycles. The normalized spacial score (nSPS) is 15.6. The maximum atomic E-state index is 13.4. The van der Waals surface area contributed by atoms with Crippen molar-refractivity contribution in [1.29, 1.82) is 0 Å². The van der Waals surface area contributed by atoms with E-state index in [0.29, 0.717) is 0 Å². The van der Waals surface area contributed by atoms with E-state index < -0.39 is 0 Å². The van der Waals surface area contributed by atoms with Gasteiger partial charge in [-0.2, -0.15) is 0 Å². The van der Waals surface area contributed by atoms with E-state index in [0.717, 1.165) is 49.5 Å². The van der Waals surface area contributed by atoms with Crippen molar-refractivity contribution in [2.75, 3.05) is 26.2 Å². The van der Waals surface area contributed by atoms with Crippen LogP contribution < -0.4 is 4.74 Å². The van der Waals surface area contributed by atoms with Crippen LogP contribution >= 0.6 is 0 Å². The molecule has 1 aliphatic rings. The summed E-state index contributed by atoms with van der Waals surface area (Å²) in [5, 5.41) is 0. The molecule has 1 fully saturated rings. The van der Waals surface area contributed by atoms with Crippen LogP contribution in [-0.2, 0) is 0 Å². The van der Waals surface area contributed by atoms with E-state index in [1.54, 1.807) is 0 Å². The summed E-state index contributed by atoms with van der Waals surface area (Å²) in [7, 11) is 0. The number of piperidine rings is 1. The Bertz CT molecular complexity index is 735. The van der Waals surface area contributed by atoms with Crippen LogP contribution in [-0.4, -0.2) is 36.9 Å². The maximum absolute atomic E-state index is 13.4.